The molecule has 0 atom stereocenters. The van der Waals surface area contributed by atoms with Crippen molar-refractivity contribution < 1.29 is 19.0 Å². The molecule has 21 heavy (non-hydrogen) atoms. The Labute approximate surface area is 130 Å². The van der Waals surface area contributed by atoms with Crippen LogP contribution in [0.25, 0.3) is 0 Å². The number of rotatable bonds is 9. The molecule has 0 aromatic heterocycles. The average molecular weight is 316 g/mol. The van der Waals surface area contributed by atoms with E-state index in [2.05, 4.69) is 5.32 Å². The van der Waals surface area contributed by atoms with E-state index >= 15 is 0 Å². The molecule has 0 saturated carbocycles. The minimum atomic E-state index is -0.00282. The smallest absolute Gasteiger partial charge is 0.220 e. The predicted octanol–water partition coefficient (Wildman–Crippen LogP) is 2.74. The summed E-state index contributed by atoms with van der Waals surface area (Å²) in [5.41, 5.74) is 0.834. The van der Waals surface area contributed by atoms with Crippen LogP contribution in [0.1, 0.15) is 24.8 Å². The maximum Gasteiger partial charge on any atom is 0.220 e. The van der Waals surface area contributed by atoms with Crippen molar-refractivity contribution in [3.05, 3.63) is 17.7 Å². The molecule has 0 saturated heterocycles. The molecule has 1 aromatic carbocycles. The molecule has 0 aliphatic heterocycles. The maximum absolute atomic E-state index is 11.7. The normalized spacial score (nSPS) is 10.1. The lowest BCUT2D eigenvalue weighted by Gasteiger charge is -2.14. The first-order valence-corrected chi connectivity index (χ1v) is 7.31. The third kappa shape index (κ3) is 5.34. The summed E-state index contributed by atoms with van der Waals surface area (Å²) in [5.74, 6) is 2.42. The minimum absolute atomic E-state index is 0.00282. The van der Waals surface area contributed by atoms with Gasteiger partial charge >= 0.3 is 0 Å². The SMILES string of the molecule is COc1cc(OC)c(OC)cc1CNC(=O)CCCCCl. The van der Waals surface area contributed by atoms with Gasteiger partial charge in [-0.2, -0.15) is 0 Å². The van der Waals surface area contributed by atoms with E-state index in [-0.39, 0.29) is 5.91 Å². The zero-order valence-corrected chi connectivity index (χ0v) is 13.5. The van der Waals surface area contributed by atoms with Crippen molar-refractivity contribution in [2.75, 3.05) is 27.2 Å². The summed E-state index contributed by atoms with van der Waals surface area (Å²) in [6, 6.07) is 3.55. The quantitative estimate of drug-likeness (QED) is 0.562. The fourth-order valence-electron chi connectivity index (χ4n) is 1.89. The first kappa shape index (κ1) is 17.4. The number of amides is 1. The Morgan fingerprint density at radius 1 is 1.05 bits per heavy atom. The number of ether oxygens (including phenoxy) is 3. The summed E-state index contributed by atoms with van der Waals surface area (Å²) < 4.78 is 15.8. The molecular formula is C15H22ClNO4. The summed E-state index contributed by atoms with van der Waals surface area (Å²) in [4.78, 5) is 11.7. The fraction of sp³-hybridized carbons (Fsp3) is 0.533. The zero-order chi connectivity index (χ0) is 15.7. The van der Waals surface area contributed by atoms with Gasteiger partial charge in [-0.3, -0.25) is 4.79 Å². The molecule has 1 amide bonds. The van der Waals surface area contributed by atoms with Crippen molar-refractivity contribution in [1.82, 2.24) is 5.32 Å². The Bertz CT molecular complexity index is 465. The van der Waals surface area contributed by atoms with Gasteiger partial charge in [0.15, 0.2) is 11.5 Å². The number of alkyl halides is 1. The second-order valence-electron chi connectivity index (χ2n) is 4.44. The van der Waals surface area contributed by atoms with E-state index in [9.17, 15) is 4.79 Å². The van der Waals surface area contributed by atoms with Crippen LogP contribution < -0.4 is 19.5 Å². The third-order valence-electron chi connectivity index (χ3n) is 3.05. The standard InChI is InChI=1S/C15H22ClNO4/c1-19-12-9-14(21-3)13(20-2)8-11(12)10-17-15(18)6-4-5-7-16/h8-9H,4-7,10H2,1-3H3,(H,17,18). The van der Waals surface area contributed by atoms with Crippen LogP contribution in [0.4, 0.5) is 0 Å². The number of benzene rings is 1. The topological polar surface area (TPSA) is 56.8 Å². The third-order valence-corrected chi connectivity index (χ3v) is 3.32. The highest BCUT2D eigenvalue weighted by Gasteiger charge is 2.12. The summed E-state index contributed by atoms with van der Waals surface area (Å²) in [5, 5.41) is 2.86. The first-order valence-electron chi connectivity index (χ1n) is 6.77. The van der Waals surface area contributed by atoms with Crippen LogP contribution in [0.3, 0.4) is 0 Å². The van der Waals surface area contributed by atoms with Crippen molar-refractivity contribution in [3.8, 4) is 17.2 Å². The van der Waals surface area contributed by atoms with Gasteiger partial charge in [0.2, 0.25) is 5.91 Å². The van der Waals surface area contributed by atoms with Gasteiger partial charge in [0, 0.05) is 30.5 Å². The number of hydrogen-bond donors (Lipinski definition) is 1. The number of halogens is 1. The second kappa shape index (κ2) is 9.34. The van der Waals surface area contributed by atoms with Gasteiger partial charge in [-0.05, 0) is 18.9 Å². The number of carbonyl (C=O) groups excluding carboxylic acids is 1. The molecular weight excluding hydrogens is 294 g/mol. The minimum Gasteiger partial charge on any atom is -0.496 e. The van der Waals surface area contributed by atoms with Crippen LogP contribution in [0, 0.1) is 0 Å². The highest BCUT2D eigenvalue weighted by atomic mass is 35.5. The van der Waals surface area contributed by atoms with Gasteiger partial charge in [0.1, 0.15) is 5.75 Å². The Morgan fingerprint density at radius 2 is 1.67 bits per heavy atom. The largest absolute Gasteiger partial charge is 0.496 e. The number of hydrogen-bond acceptors (Lipinski definition) is 4. The lowest BCUT2D eigenvalue weighted by molar-refractivity contribution is -0.121. The number of unbranched alkanes of at least 4 members (excludes halogenated alkanes) is 1. The molecule has 0 bridgehead atoms. The fourth-order valence-corrected chi connectivity index (χ4v) is 2.08. The highest BCUT2D eigenvalue weighted by molar-refractivity contribution is 6.17. The summed E-state index contributed by atoms with van der Waals surface area (Å²) in [7, 11) is 4.71. The predicted molar refractivity (Wildman–Crippen MR) is 82.5 cm³/mol. The van der Waals surface area contributed by atoms with Crippen LogP contribution in [0.2, 0.25) is 0 Å². The van der Waals surface area contributed by atoms with E-state index in [4.69, 9.17) is 25.8 Å². The molecule has 1 aromatic rings. The van der Waals surface area contributed by atoms with E-state index in [1.54, 1.807) is 33.5 Å². The molecule has 5 nitrogen and oxygen atoms in total. The summed E-state index contributed by atoms with van der Waals surface area (Å²) in [6.07, 6.45) is 2.11. The van der Waals surface area contributed by atoms with Crippen molar-refractivity contribution in [3.63, 3.8) is 0 Å². The Hall–Kier alpha value is -1.62. The molecule has 1 rings (SSSR count). The zero-order valence-electron chi connectivity index (χ0n) is 12.7. The number of carbonyl (C=O) groups is 1. The monoisotopic (exact) mass is 315 g/mol. The lowest BCUT2D eigenvalue weighted by Crippen LogP contribution is -2.22. The van der Waals surface area contributed by atoms with Crippen molar-refractivity contribution >= 4 is 17.5 Å². The first-order chi connectivity index (χ1) is 10.2. The Kier molecular flexibility index (Phi) is 7.75. The van der Waals surface area contributed by atoms with Crippen molar-refractivity contribution in [1.29, 1.82) is 0 Å². The van der Waals surface area contributed by atoms with E-state index in [1.165, 1.54) is 0 Å². The van der Waals surface area contributed by atoms with Crippen LogP contribution >= 0.6 is 11.6 Å². The van der Waals surface area contributed by atoms with Gasteiger partial charge in [0.25, 0.3) is 0 Å². The second-order valence-corrected chi connectivity index (χ2v) is 4.82. The molecule has 0 aliphatic carbocycles. The molecule has 6 heteroatoms. The van der Waals surface area contributed by atoms with Gasteiger partial charge in [-0.25, -0.2) is 0 Å². The van der Waals surface area contributed by atoms with Crippen molar-refractivity contribution in [2.45, 2.75) is 25.8 Å². The van der Waals surface area contributed by atoms with Crippen LogP contribution in [-0.4, -0.2) is 33.1 Å². The molecule has 0 spiro atoms. The van der Waals surface area contributed by atoms with Crippen LogP contribution in [-0.2, 0) is 11.3 Å². The highest BCUT2D eigenvalue weighted by Crippen LogP contribution is 2.34. The van der Waals surface area contributed by atoms with E-state index < -0.39 is 0 Å². The summed E-state index contributed by atoms with van der Waals surface area (Å²) in [6.45, 7) is 0.378. The van der Waals surface area contributed by atoms with Crippen LogP contribution in [0.15, 0.2) is 12.1 Å². The molecule has 0 fully saturated rings. The number of methoxy groups -OCH3 is 3. The van der Waals surface area contributed by atoms with Crippen molar-refractivity contribution in [2.24, 2.45) is 0 Å². The Balaban J connectivity index is 2.71. The molecule has 0 unspecified atom stereocenters. The van der Waals surface area contributed by atoms with Gasteiger partial charge in [-0.1, -0.05) is 0 Å². The molecule has 1 N–H and O–H groups in total. The molecule has 0 aliphatic rings. The van der Waals surface area contributed by atoms with Gasteiger partial charge in [-0.15, -0.1) is 11.6 Å². The number of nitrogens with one attached hydrogen (secondary N) is 1. The summed E-state index contributed by atoms with van der Waals surface area (Å²) >= 11 is 5.59. The molecule has 118 valence electrons. The molecule has 0 heterocycles. The van der Waals surface area contributed by atoms with Crippen LogP contribution in [0.5, 0.6) is 17.2 Å². The van der Waals surface area contributed by atoms with E-state index in [0.717, 1.165) is 18.4 Å². The average Bonchev–Trinajstić information content (AvgIpc) is 2.52. The lowest BCUT2D eigenvalue weighted by atomic mass is 10.1. The van der Waals surface area contributed by atoms with E-state index in [1.807, 2.05) is 0 Å². The maximum atomic E-state index is 11.7. The van der Waals surface area contributed by atoms with E-state index in [0.29, 0.717) is 36.1 Å². The van der Waals surface area contributed by atoms with Gasteiger partial charge in [0.05, 0.1) is 21.3 Å². The molecule has 0 radical (unpaired) electrons. The van der Waals surface area contributed by atoms with Gasteiger partial charge < -0.3 is 19.5 Å². The Morgan fingerprint density at radius 3 is 2.24 bits per heavy atom.